The molecule has 0 radical (unpaired) electrons. The normalized spacial score (nSPS) is 13.7. The van der Waals surface area contributed by atoms with E-state index in [1.54, 1.807) is 0 Å². The summed E-state index contributed by atoms with van der Waals surface area (Å²) < 4.78 is 4.92. The number of hydrogen-bond donors (Lipinski definition) is 0. The molecular weight excluding hydrogens is 544 g/mol. The quantitative estimate of drug-likeness (QED) is 0.194. The fourth-order valence-corrected chi connectivity index (χ4v) is 8.26. The summed E-state index contributed by atoms with van der Waals surface area (Å²) in [5.74, 6) is 0. The number of hydrogen-bond acceptors (Lipinski definition) is 0. The first-order chi connectivity index (χ1) is 22.1. The van der Waals surface area contributed by atoms with E-state index in [0.717, 1.165) is 0 Å². The summed E-state index contributed by atoms with van der Waals surface area (Å²) in [6.07, 6.45) is 0. The molecule has 2 heteroatoms. The number of benzene rings is 7. The van der Waals surface area contributed by atoms with E-state index in [1.807, 2.05) is 0 Å². The Morgan fingerprint density at radius 1 is 0.400 bits per heavy atom. The van der Waals surface area contributed by atoms with Gasteiger partial charge in [0.15, 0.2) is 0 Å². The van der Waals surface area contributed by atoms with E-state index < -0.39 is 0 Å². The molecule has 1 aliphatic carbocycles. The number of para-hydroxylation sites is 4. The minimum Gasteiger partial charge on any atom is -0.309 e. The molecule has 0 saturated heterocycles. The average molecular weight is 575 g/mol. The van der Waals surface area contributed by atoms with E-state index in [4.69, 9.17) is 0 Å². The van der Waals surface area contributed by atoms with Crippen LogP contribution < -0.4 is 0 Å². The predicted molar refractivity (Wildman–Crippen MR) is 190 cm³/mol. The van der Waals surface area contributed by atoms with Crippen molar-refractivity contribution in [2.75, 3.05) is 0 Å². The van der Waals surface area contributed by atoms with Crippen LogP contribution in [0, 0.1) is 0 Å². The van der Waals surface area contributed by atoms with Gasteiger partial charge in [0.2, 0.25) is 0 Å². The Labute approximate surface area is 261 Å². The minimum atomic E-state index is -0.184. The van der Waals surface area contributed by atoms with Crippen molar-refractivity contribution in [3.8, 4) is 22.5 Å². The summed E-state index contributed by atoms with van der Waals surface area (Å²) >= 11 is 0. The van der Waals surface area contributed by atoms with Gasteiger partial charge in [-0.25, -0.2) is 0 Å². The van der Waals surface area contributed by atoms with Crippen LogP contribution in [0.1, 0.15) is 25.0 Å². The first-order valence-electron chi connectivity index (χ1n) is 15.8. The fourth-order valence-electron chi connectivity index (χ4n) is 8.26. The van der Waals surface area contributed by atoms with Gasteiger partial charge < -0.3 is 9.13 Å². The van der Waals surface area contributed by atoms with E-state index in [9.17, 15) is 0 Å². The molecule has 0 spiro atoms. The molecule has 0 amide bonds. The zero-order valence-electron chi connectivity index (χ0n) is 25.3. The Balaban J connectivity index is 1.26. The summed E-state index contributed by atoms with van der Waals surface area (Å²) in [7, 11) is 0. The lowest BCUT2D eigenvalue weighted by Gasteiger charge is -2.24. The number of aromatic nitrogens is 2. The maximum Gasteiger partial charge on any atom is 0.0544 e. The topological polar surface area (TPSA) is 9.86 Å². The van der Waals surface area contributed by atoms with E-state index in [0.29, 0.717) is 0 Å². The molecule has 1 aliphatic rings. The highest BCUT2D eigenvalue weighted by Gasteiger charge is 2.38. The van der Waals surface area contributed by atoms with Crippen molar-refractivity contribution in [2.24, 2.45) is 0 Å². The molecule has 0 fully saturated rings. The van der Waals surface area contributed by atoms with Crippen molar-refractivity contribution in [3.63, 3.8) is 0 Å². The zero-order valence-corrected chi connectivity index (χ0v) is 25.3. The standard InChI is InChI=1S/C43H30N2/c1-43(2)35-25-27(44-37-19-9-5-13-28(37)29-14-6-10-20-38(29)44)23-24-34(35)42-33-18-4-3-17-32(33)41(26-36(42)43)45-39-21-11-7-15-30(39)31-16-8-12-22-40(31)45/h3-26H,1-2H3. The molecule has 0 atom stereocenters. The Kier molecular flexibility index (Phi) is 4.82. The van der Waals surface area contributed by atoms with Gasteiger partial charge in [0.25, 0.3) is 0 Å². The van der Waals surface area contributed by atoms with Crippen LogP contribution in [0.5, 0.6) is 0 Å². The number of fused-ring (bicyclic) bond motifs is 11. The summed E-state index contributed by atoms with van der Waals surface area (Å²) in [4.78, 5) is 0. The van der Waals surface area contributed by atoms with Gasteiger partial charge in [-0.1, -0.05) is 117 Å². The van der Waals surface area contributed by atoms with Crippen molar-refractivity contribution >= 4 is 54.4 Å². The molecule has 0 unspecified atom stereocenters. The molecule has 2 heterocycles. The summed E-state index contributed by atoms with van der Waals surface area (Å²) in [5.41, 5.74) is 12.7. The fraction of sp³-hybridized carbons (Fsp3) is 0.0698. The van der Waals surface area contributed by atoms with Crippen LogP contribution in [-0.2, 0) is 5.41 Å². The van der Waals surface area contributed by atoms with E-state index in [2.05, 4.69) is 169 Å². The first-order valence-corrected chi connectivity index (χ1v) is 15.8. The van der Waals surface area contributed by atoms with Crippen molar-refractivity contribution in [1.29, 1.82) is 0 Å². The largest absolute Gasteiger partial charge is 0.309 e. The second-order valence-electron chi connectivity index (χ2n) is 13.0. The van der Waals surface area contributed by atoms with E-state index in [-0.39, 0.29) is 5.41 Å². The second-order valence-corrected chi connectivity index (χ2v) is 13.0. The van der Waals surface area contributed by atoms with Gasteiger partial charge in [-0.3, -0.25) is 0 Å². The average Bonchev–Trinajstić information content (AvgIpc) is 3.68. The van der Waals surface area contributed by atoms with Gasteiger partial charge in [-0.05, 0) is 70.1 Å². The molecular formula is C43H30N2. The van der Waals surface area contributed by atoms with Crippen molar-refractivity contribution in [1.82, 2.24) is 9.13 Å². The monoisotopic (exact) mass is 574 g/mol. The molecule has 2 nitrogen and oxygen atoms in total. The van der Waals surface area contributed by atoms with Crippen LogP contribution in [0.4, 0.5) is 0 Å². The van der Waals surface area contributed by atoms with E-state index >= 15 is 0 Å². The minimum absolute atomic E-state index is 0.184. The van der Waals surface area contributed by atoms with Crippen LogP contribution in [0.25, 0.3) is 76.9 Å². The van der Waals surface area contributed by atoms with Gasteiger partial charge in [0.05, 0.1) is 27.8 Å². The molecule has 0 bridgehead atoms. The van der Waals surface area contributed by atoms with Gasteiger partial charge in [0, 0.05) is 38.0 Å². The third-order valence-electron chi connectivity index (χ3n) is 10.3. The summed E-state index contributed by atoms with van der Waals surface area (Å²) in [6.45, 7) is 4.80. The van der Waals surface area contributed by atoms with Gasteiger partial charge in [-0.15, -0.1) is 0 Å². The van der Waals surface area contributed by atoms with Gasteiger partial charge >= 0.3 is 0 Å². The van der Waals surface area contributed by atoms with Gasteiger partial charge in [0.1, 0.15) is 0 Å². The Morgan fingerprint density at radius 3 is 1.38 bits per heavy atom. The lowest BCUT2D eigenvalue weighted by Crippen LogP contribution is -2.16. The third kappa shape index (κ3) is 3.18. The molecule has 45 heavy (non-hydrogen) atoms. The number of nitrogens with zero attached hydrogens (tertiary/aromatic N) is 2. The van der Waals surface area contributed by atoms with Crippen molar-refractivity contribution in [2.45, 2.75) is 19.3 Å². The molecule has 0 N–H and O–H groups in total. The highest BCUT2D eigenvalue weighted by atomic mass is 15.0. The smallest absolute Gasteiger partial charge is 0.0544 e. The van der Waals surface area contributed by atoms with Crippen molar-refractivity contribution < 1.29 is 0 Å². The Morgan fingerprint density at radius 2 is 0.844 bits per heavy atom. The van der Waals surface area contributed by atoms with Gasteiger partial charge in [-0.2, -0.15) is 0 Å². The van der Waals surface area contributed by atoms with Crippen LogP contribution in [-0.4, -0.2) is 9.13 Å². The second kappa shape index (κ2) is 8.74. The Hall–Kier alpha value is -5.60. The van der Waals surface area contributed by atoms with Crippen LogP contribution in [0.15, 0.2) is 146 Å². The molecule has 2 aromatic heterocycles. The maximum atomic E-state index is 2.48. The molecule has 9 aromatic rings. The zero-order chi connectivity index (χ0) is 29.9. The molecule has 10 rings (SSSR count). The highest BCUT2D eigenvalue weighted by molar-refractivity contribution is 6.13. The lowest BCUT2D eigenvalue weighted by atomic mass is 9.81. The molecule has 7 aromatic carbocycles. The molecule has 0 saturated carbocycles. The van der Waals surface area contributed by atoms with Crippen LogP contribution in [0.3, 0.4) is 0 Å². The van der Waals surface area contributed by atoms with Crippen LogP contribution in [0.2, 0.25) is 0 Å². The SMILES string of the molecule is CC1(C)c2cc(-n3c4ccccc4c4ccccc43)ccc2-c2c1cc(-n1c3ccccc3c3ccccc31)c1ccccc21. The van der Waals surface area contributed by atoms with E-state index in [1.165, 1.54) is 88.0 Å². The lowest BCUT2D eigenvalue weighted by molar-refractivity contribution is 0.660. The first kappa shape index (κ1) is 24.8. The number of rotatable bonds is 2. The molecule has 0 aliphatic heterocycles. The molecule has 212 valence electrons. The Bertz CT molecular complexity index is 2570. The van der Waals surface area contributed by atoms with Crippen LogP contribution >= 0.6 is 0 Å². The maximum absolute atomic E-state index is 2.48. The summed E-state index contributed by atoms with van der Waals surface area (Å²) in [6, 6.07) is 53.8. The van der Waals surface area contributed by atoms with Crippen molar-refractivity contribution in [3.05, 3.63) is 157 Å². The predicted octanol–water partition coefficient (Wildman–Crippen LogP) is 11.3. The highest BCUT2D eigenvalue weighted by Crippen LogP contribution is 2.53. The third-order valence-corrected chi connectivity index (χ3v) is 10.3. The summed E-state index contributed by atoms with van der Waals surface area (Å²) in [5, 5.41) is 7.74.